The third kappa shape index (κ3) is 6.11. The maximum absolute atomic E-state index is 12.3. The van der Waals surface area contributed by atoms with E-state index in [1.54, 1.807) is 0 Å². The fourth-order valence-corrected chi connectivity index (χ4v) is 3.72. The zero-order valence-electron chi connectivity index (χ0n) is 15.7. The second-order valence-electron chi connectivity index (χ2n) is 6.97. The molecule has 1 atom stereocenters. The summed E-state index contributed by atoms with van der Waals surface area (Å²) in [7, 11) is 0. The van der Waals surface area contributed by atoms with Gasteiger partial charge >= 0.3 is 5.97 Å². The topological polar surface area (TPSA) is 83.0 Å². The lowest BCUT2D eigenvalue weighted by Crippen LogP contribution is -2.42. The maximum atomic E-state index is 12.3. The second-order valence-corrected chi connectivity index (χ2v) is 6.97. The quantitative estimate of drug-likeness (QED) is 0.509. The zero-order chi connectivity index (χ0) is 18.2. The van der Waals surface area contributed by atoms with Crippen LogP contribution in [0.3, 0.4) is 0 Å². The van der Waals surface area contributed by atoms with E-state index in [2.05, 4.69) is 15.6 Å². The molecule has 3 N–H and O–H groups in total. The van der Waals surface area contributed by atoms with E-state index < -0.39 is 12.1 Å². The van der Waals surface area contributed by atoms with Crippen LogP contribution in [0.25, 0.3) is 0 Å². The predicted molar refractivity (Wildman–Crippen MR) is 108 cm³/mol. The number of carbonyl (C=O) groups excluding carboxylic acids is 1. The molecule has 0 radical (unpaired) electrons. The highest BCUT2D eigenvalue weighted by Crippen LogP contribution is 2.36. The Morgan fingerprint density at radius 1 is 1.26 bits per heavy atom. The number of benzene rings is 1. The Balaban J connectivity index is 0.00000261. The van der Waals surface area contributed by atoms with Crippen LogP contribution < -0.4 is 10.6 Å². The molecule has 0 aromatic heterocycles. The van der Waals surface area contributed by atoms with Gasteiger partial charge in [-0.25, -0.2) is 4.79 Å². The average molecular weight is 396 g/mol. The first-order chi connectivity index (χ1) is 12.8. The number of aliphatic hydroxyl groups is 1. The van der Waals surface area contributed by atoms with Gasteiger partial charge in [-0.15, -0.1) is 12.4 Å². The monoisotopic (exact) mass is 395 g/mol. The van der Waals surface area contributed by atoms with Crippen molar-refractivity contribution < 1.29 is 14.6 Å². The van der Waals surface area contributed by atoms with Crippen LogP contribution >= 0.6 is 12.4 Å². The zero-order valence-corrected chi connectivity index (χ0v) is 16.5. The fourth-order valence-electron chi connectivity index (χ4n) is 3.72. The molecule has 0 amide bonds. The van der Waals surface area contributed by atoms with Crippen molar-refractivity contribution >= 4 is 24.3 Å². The SMILES string of the molecule is Cl.O=C(OCCNC1=NCCCN1)C(O)c1ccccc1C1CCCCC1. The first-order valence-corrected chi connectivity index (χ1v) is 9.71. The van der Waals surface area contributed by atoms with Gasteiger partial charge in [0.25, 0.3) is 0 Å². The average Bonchev–Trinajstić information content (AvgIpc) is 2.72. The van der Waals surface area contributed by atoms with Crippen molar-refractivity contribution in [3.63, 3.8) is 0 Å². The molecule has 0 spiro atoms. The predicted octanol–water partition coefficient (Wildman–Crippen LogP) is 2.67. The molecule has 1 aliphatic carbocycles. The molecule has 3 rings (SSSR count). The van der Waals surface area contributed by atoms with Crippen LogP contribution in [-0.4, -0.2) is 43.3 Å². The Bertz CT molecular complexity index is 633. The Kier molecular flexibility index (Phi) is 8.88. The minimum absolute atomic E-state index is 0. The molecule has 150 valence electrons. The van der Waals surface area contributed by atoms with Gasteiger partial charge in [0.2, 0.25) is 0 Å². The molecule has 1 aromatic carbocycles. The van der Waals surface area contributed by atoms with Crippen LogP contribution in [0.2, 0.25) is 0 Å². The number of nitrogens with zero attached hydrogens (tertiary/aromatic N) is 1. The van der Waals surface area contributed by atoms with E-state index in [1.807, 2.05) is 24.3 Å². The van der Waals surface area contributed by atoms with Crippen LogP contribution in [0, 0.1) is 0 Å². The summed E-state index contributed by atoms with van der Waals surface area (Å²) in [6, 6.07) is 7.73. The van der Waals surface area contributed by atoms with Crippen molar-refractivity contribution in [2.75, 3.05) is 26.2 Å². The summed E-state index contributed by atoms with van der Waals surface area (Å²) < 4.78 is 5.26. The summed E-state index contributed by atoms with van der Waals surface area (Å²) in [5, 5.41) is 16.8. The number of hydrogen-bond donors (Lipinski definition) is 3. The van der Waals surface area contributed by atoms with Gasteiger partial charge in [0.1, 0.15) is 6.61 Å². The smallest absolute Gasteiger partial charge is 0.339 e. The summed E-state index contributed by atoms with van der Waals surface area (Å²) in [5.41, 5.74) is 1.78. The molecule has 27 heavy (non-hydrogen) atoms. The van der Waals surface area contributed by atoms with Gasteiger partial charge in [-0.3, -0.25) is 4.99 Å². The lowest BCUT2D eigenvalue weighted by atomic mass is 9.81. The van der Waals surface area contributed by atoms with Crippen LogP contribution in [0.4, 0.5) is 0 Å². The first kappa shape index (κ1) is 21.5. The minimum Gasteiger partial charge on any atom is -0.462 e. The lowest BCUT2D eigenvalue weighted by molar-refractivity contribution is -0.153. The minimum atomic E-state index is -1.22. The molecule has 0 saturated heterocycles. The third-order valence-electron chi connectivity index (χ3n) is 5.09. The molecule has 6 nitrogen and oxygen atoms in total. The van der Waals surface area contributed by atoms with E-state index in [-0.39, 0.29) is 19.0 Å². The summed E-state index contributed by atoms with van der Waals surface area (Å²) >= 11 is 0. The van der Waals surface area contributed by atoms with Gasteiger partial charge < -0.3 is 20.5 Å². The highest BCUT2D eigenvalue weighted by molar-refractivity contribution is 5.85. The van der Waals surface area contributed by atoms with E-state index in [0.717, 1.165) is 43.9 Å². The summed E-state index contributed by atoms with van der Waals surface area (Å²) in [6.07, 6.45) is 5.75. The molecule has 7 heteroatoms. The van der Waals surface area contributed by atoms with Crippen molar-refractivity contribution in [2.45, 2.75) is 50.5 Å². The third-order valence-corrected chi connectivity index (χ3v) is 5.09. The van der Waals surface area contributed by atoms with Gasteiger partial charge in [-0.1, -0.05) is 43.5 Å². The molecule has 1 aromatic rings. The first-order valence-electron chi connectivity index (χ1n) is 9.71. The van der Waals surface area contributed by atoms with Gasteiger partial charge in [0.05, 0.1) is 6.54 Å². The number of hydrogen-bond acceptors (Lipinski definition) is 6. The largest absolute Gasteiger partial charge is 0.462 e. The van der Waals surface area contributed by atoms with Crippen molar-refractivity contribution in [2.24, 2.45) is 4.99 Å². The number of ether oxygens (including phenoxy) is 1. The standard InChI is InChI=1S/C20H29N3O3.ClH/c24-18(19(25)26-14-13-23-20-21-11-6-12-22-20)17-10-5-4-9-16(17)15-7-2-1-3-8-15;/h4-5,9-10,15,18,24H,1-3,6-8,11-14H2,(H2,21,22,23);1H. The fraction of sp³-hybridized carbons (Fsp3) is 0.600. The van der Waals surface area contributed by atoms with Crippen molar-refractivity contribution in [3.05, 3.63) is 35.4 Å². The van der Waals surface area contributed by atoms with E-state index in [0.29, 0.717) is 18.0 Å². The van der Waals surface area contributed by atoms with E-state index in [1.165, 1.54) is 19.3 Å². The highest BCUT2D eigenvalue weighted by Gasteiger charge is 2.26. The van der Waals surface area contributed by atoms with Crippen LogP contribution in [0.1, 0.15) is 61.7 Å². The van der Waals surface area contributed by atoms with Crippen molar-refractivity contribution in [1.29, 1.82) is 0 Å². The highest BCUT2D eigenvalue weighted by atomic mass is 35.5. The number of esters is 1. The Hall–Kier alpha value is -1.79. The molecule has 1 saturated carbocycles. The van der Waals surface area contributed by atoms with E-state index >= 15 is 0 Å². The number of aliphatic imine (C=N–C) groups is 1. The van der Waals surface area contributed by atoms with E-state index in [4.69, 9.17) is 4.74 Å². The van der Waals surface area contributed by atoms with E-state index in [9.17, 15) is 9.90 Å². The lowest BCUT2D eigenvalue weighted by Gasteiger charge is -2.25. The summed E-state index contributed by atoms with van der Waals surface area (Å²) in [5.74, 6) is 0.587. The Labute approximate surface area is 167 Å². The van der Waals surface area contributed by atoms with Gasteiger partial charge in [-0.05, 0) is 36.3 Å². The number of aliphatic hydroxyl groups excluding tert-OH is 1. The number of nitrogens with one attached hydrogen (secondary N) is 2. The van der Waals surface area contributed by atoms with Crippen molar-refractivity contribution in [1.82, 2.24) is 10.6 Å². The van der Waals surface area contributed by atoms with Crippen LogP contribution in [0.5, 0.6) is 0 Å². The molecule has 2 aliphatic rings. The van der Waals surface area contributed by atoms with Crippen LogP contribution in [0.15, 0.2) is 29.3 Å². The molecule has 1 aliphatic heterocycles. The van der Waals surface area contributed by atoms with Crippen LogP contribution in [-0.2, 0) is 9.53 Å². The van der Waals surface area contributed by atoms with Gasteiger partial charge in [-0.2, -0.15) is 0 Å². The van der Waals surface area contributed by atoms with Gasteiger partial charge in [0.15, 0.2) is 12.1 Å². The molecular weight excluding hydrogens is 366 g/mol. The molecule has 1 heterocycles. The Morgan fingerprint density at radius 2 is 2.04 bits per heavy atom. The number of carbonyl (C=O) groups is 1. The summed E-state index contributed by atoms with van der Waals surface area (Å²) in [4.78, 5) is 16.6. The number of halogens is 1. The molecule has 0 bridgehead atoms. The summed E-state index contributed by atoms with van der Waals surface area (Å²) in [6.45, 7) is 2.38. The normalized spacial score (nSPS) is 18.5. The number of guanidine groups is 1. The molecule has 1 fully saturated rings. The van der Waals surface area contributed by atoms with Crippen molar-refractivity contribution in [3.8, 4) is 0 Å². The molecule has 1 unspecified atom stereocenters. The Morgan fingerprint density at radius 3 is 2.78 bits per heavy atom. The second kappa shape index (κ2) is 11.1. The maximum Gasteiger partial charge on any atom is 0.339 e. The molecular formula is C20H30ClN3O3. The van der Waals surface area contributed by atoms with Gasteiger partial charge in [0, 0.05) is 13.1 Å². The number of rotatable bonds is 6.